The molecule has 0 saturated carbocycles. The summed E-state index contributed by atoms with van der Waals surface area (Å²) in [6.45, 7) is 1.28. The van der Waals surface area contributed by atoms with Gasteiger partial charge < -0.3 is 4.74 Å². The molecule has 0 spiro atoms. The molecule has 3 heterocycles. The molecule has 2 aliphatic heterocycles. The number of carbonyl (C=O) groups excluding carboxylic acids is 1. The van der Waals surface area contributed by atoms with Crippen molar-refractivity contribution in [3.8, 4) is 0 Å². The van der Waals surface area contributed by atoms with Gasteiger partial charge in [-0.25, -0.2) is 13.1 Å². The van der Waals surface area contributed by atoms with Crippen LogP contribution in [-0.2, 0) is 26.6 Å². The van der Waals surface area contributed by atoms with Gasteiger partial charge in [-0.2, -0.15) is 5.10 Å². The molecule has 0 radical (unpaired) electrons. The van der Waals surface area contributed by atoms with Crippen LogP contribution in [0, 0.1) is 0 Å². The van der Waals surface area contributed by atoms with Crippen molar-refractivity contribution in [3.63, 3.8) is 0 Å². The van der Waals surface area contributed by atoms with Crippen molar-refractivity contribution in [2.75, 3.05) is 23.8 Å². The number of amides is 1. The molecule has 134 valence electrons. The van der Waals surface area contributed by atoms with Gasteiger partial charge in [-0.05, 0) is 32.1 Å². The van der Waals surface area contributed by atoms with Crippen LogP contribution in [0.25, 0.3) is 0 Å². The Hall–Kier alpha value is -1.45. The van der Waals surface area contributed by atoms with Crippen LogP contribution in [0.15, 0.2) is 12.3 Å². The summed E-state index contributed by atoms with van der Waals surface area (Å²) in [5.74, 6) is 0.460. The van der Waals surface area contributed by atoms with E-state index in [1.54, 1.807) is 28.9 Å². The third kappa shape index (κ3) is 3.96. The van der Waals surface area contributed by atoms with Crippen LogP contribution in [0.5, 0.6) is 0 Å². The summed E-state index contributed by atoms with van der Waals surface area (Å²) in [6, 6.07) is 1.05. The Morgan fingerprint density at radius 3 is 2.88 bits per heavy atom. The Kier molecular flexibility index (Phi) is 5.21. The minimum atomic E-state index is -3.50. The normalized spacial score (nSPS) is 25.4. The molecule has 1 amide bonds. The van der Waals surface area contributed by atoms with Gasteiger partial charge in [0.1, 0.15) is 11.9 Å². The second-order valence-corrected chi connectivity index (χ2v) is 8.23. The zero-order chi connectivity index (χ0) is 17.2. The molecule has 1 N–H and O–H groups in total. The fourth-order valence-electron chi connectivity index (χ4n) is 3.28. The summed E-state index contributed by atoms with van der Waals surface area (Å²) in [7, 11) is -1.74. The Morgan fingerprint density at radius 1 is 1.38 bits per heavy atom. The summed E-state index contributed by atoms with van der Waals surface area (Å²) >= 11 is 0. The minimum absolute atomic E-state index is 0.00679. The van der Waals surface area contributed by atoms with E-state index >= 15 is 0 Å². The Balaban J connectivity index is 1.61. The lowest BCUT2D eigenvalue weighted by molar-refractivity contribution is -0.121. The molecular formula is C15H24N4O4S. The number of carbonyl (C=O) groups is 1. The van der Waals surface area contributed by atoms with Crippen molar-refractivity contribution in [1.82, 2.24) is 14.5 Å². The van der Waals surface area contributed by atoms with Crippen molar-refractivity contribution in [2.45, 2.75) is 44.2 Å². The highest BCUT2D eigenvalue weighted by Gasteiger charge is 2.33. The molecule has 9 heteroatoms. The van der Waals surface area contributed by atoms with Crippen LogP contribution in [0.4, 0.5) is 5.82 Å². The molecule has 3 rings (SSSR count). The van der Waals surface area contributed by atoms with E-state index < -0.39 is 16.1 Å². The number of nitrogens with one attached hydrogen (secondary N) is 1. The van der Waals surface area contributed by atoms with E-state index in [9.17, 15) is 13.2 Å². The van der Waals surface area contributed by atoms with E-state index in [-0.39, 0.29) is 17.8 Å². The standard InChI is InChI=1S/C15H24N4O4S/c1-18-14(6-8-16-18)19-9-2-5-13(15(19)20)17-24(21,22)11-7-12-4-3-10-23-12/h6,8,12-13,17H,2-5,7,9-11H2,1H3/t12-,13-/m1/s1. The SMILES string of the molecule is Cn1nccc1N1CCC[C@@H](NS(=O)(=O)CC[C@H]2CCCO2)C1=O. The van der Waals surface area contributed by atoms with Crippen molar-refractivity contribution in [1.29, 1.82) is 0 Å². The average molecular weight is 356 g/mol. The molecule has 24 heavy (non-hydrogen) atoms. The first-order valence-corrected chi connectivity index (χ1v) is 10.0. The monoisotopic (exact) mass is 356 g/mol. The molecule has 0 unspecified atom stereocenters. The third-order valence-electron chi connectivity index (χ3n) is 4.56. The third-order valence-corrected chi connectivity index (χ3v) is 5.98. The van der Waals surface area contributed by atoms with Crippen LogP contribution in [0.1, 0.15) is 32.1 Å². The maximum absolute atomic E-state index is 12.6. The fraction of sp³-hybridized carbons (Fsp3) is 0.733. The lowest BCUT2D eigenvalue weighted by Crippen LogP contribution is -2.53. The zero-order valence-electron chi connectivity index (χ0n) is 13.8. The first kappa shape index (κ1) is 17.4. The Labute approximate surface area is 142 Å². The second kappa shape index (κ2) is 7.20. The molecule has 0 bridgehead atoms. The summed E-state index contributed by atoms with van der Waals surface area (Å²) < 4.78 is 34.3. The summed E-state index contributed by atoms with van der Waals surface area (Å²) in [4.78, 5) is 14.2. The Bertz CT molecular complexity index is 681. The van der Waals surface area contributed by atoms with E-state index in [0.717, 1.165) is 19.3 Å². The maximum Gasteiger partial charge on any atom is 0.246 e. The number of hydrogen-bond donors (Lipinski definition) is 1. The van der Waals surface area contributed by atoms with Gasteiger partial charge in [0.05, 0.1) is 18.1 Å². The number of rotatable bonds is 6. The van der Waals surface area contributed by atoms with E-state index in [4.69, 9.17) is 4.74 Å². The molecular weight excluding hydrogens is 332 g/mol. The number of sulfonamides is 1. The topological polar surface area (TPSA) is 93.5 Å². The molecule has 2 atom stereocenters. The molecule has 0 aliphatic carbocycles. The molecule has 2 fully saturated rings. The van der Waals surface area contributed by atoms with Gasteiger partial charge in [0.15, 0.2) is 0 Å². The van der Waals surface area contributed by atoms with Crippen LogP contribution in [-0.4, -0.2) is 55.2 Å². The molecule has 8 nitrogen and oxygen atoms in total. The van der Waals surface area contributed by atoms with Crippen LogP contribution >= 0.6 is 0 Å². The predicted octanol–water partition coefficient (Wildman–Crippen LogP) is 0.404. The highest BCUT2D eigenvalue weighted by Crippen LogP contribution is 2.21. The number of hydrogen-bond acceptors (Lipinski definition) is 5. The zero-order valence-corrected chi connectivity index (χ0v) is 14.7. The Morgan fingerprint density at radius 2 is 2.21 bits per heavy atom. The quantitative estimate of drug-likeness (QED) is 0.796. The van der Waals surface area contributed by atoms with E-state index in [1.807, 2.05) is 0 Å². The van der Waals surface area contributed by atoms with Crippen molar-refractivity contribution in [3.05, 3.63) is 12.3 Å². The lowest BCUT2D eigenvalue weighted by atomic mass is 10.1. The minimum Gasteiger partial charge on any atom is -0.378 e. The lowest BCUT2D eigenvalue weighted by Gasteiger charge is -2.32. The van der Waals surface area contributed by atoms with Gasteiger partial charge in [-0.1, -0.05) is 0 Å². The van der Waals surface area contributed by atoms with Gasteiger partial charge in [-0.3, -0.25) is 14.4 Å². The summed E-state index contributed by atoms with van der Waals surface area (Å²) in [5, 5.41) is 4.07. The predicted molar refractivity (Wildman–Crippen MR) is 89.1 cm³/mol. The van der Waals surface area contributed by atoms with Gasteiger partial charge in [0.25, 0.3) is 0 Å². The second-order valence-electron chi connectivity index (χ2n) is 6.36. The van der Waals surface area contributed by atoms with Gasteiger partial charge in [-0.15, -0.1) is 0 Å². The molecule has 2 aliphatic rings. The maximum atomic E-state index is 12.6. The number of aromatic nitrogens is 2. The molecule has 2 saturated heterocycles. The van der Waals surface area contributed by atoms with Crippen molar-refractivity contribution in [2.24, 2.45) is 7.05 Å². The molecule has 0 aromatic carbocycles. The number of anilines is 1. The average Bonchev–Trinajstić information content (AvgIpc) is 3.19. The van der Waals surface area contributed by atoms with Crippen LogP contribution in [0.2, 0.25) is 0 Å². The molecule has 1 aromatic heterocycles. The highest BCUT2D eigenvalue weighted by molar-refractivity contribution is 7.89. The van der Waals surface area contributed by atoms with Crippen LogP contribution < -0.4 is 9.62 Å². The van der Waals surface area contributed by atoms with Crippen LogP contribution in [0.3, 0.4) is 0 Å². The van der Waals surface area contributed by atoms with E-state index in [2.05, 4.69) is 9.82 Å². The van der Waals surface area contributed by atoms with Gasteiger partial charge in [0, 0.05) is 26.3 Å². The van der Waals surface area contributed by atoms with Gasteiger partial charge >= 0.3 is 0 Å². The number of nitrogens with zero attached hydrogens (tertiary/aromatic N) is 3. The smallest absolute Gasteiger partial charge is 0.246 e. The number of aryl methyl sites for hydroxylation is 1. The summed E-state index contributed by atoms with van der Waals surface area (Å²) in [5.41, 5.74) is 0. The number of piperidine rings is 1. The highest BCUT2D eigenvalue weighted by atomic mass is 32.2. The largest absolute Gasteiger partial charge is 0.378 e. The molecule has 1 aromatic rings. The number of ether oxygens (including phenoxy) is 1. The van der Waals surface area contributed by atoms with Gasteiger partial charge in [0.2, 0.25) is 15.9 Å². The van der Waals surface area contributed by atoms with Crippen molar-refractivity contribution >= 4 is 21.7 Å². The first-order chi connectivity index (χ1) is 11.5. The summed E-state index contributed by atoms with van der Waals surface area (Å²) in [6.07, 6.45) is 5.28. The van der Waals surface area contributed by atoms with Crippen molar-refractivity contribution < 1.29 is 17.9 Å². The van der Waals surface area contributed by atoms with E-state index in [0.29, 0.717) is 31.8 Å². The van der Waals surface area contributed by atoms with E-state index in [1.165, 1.54) is 0 Å². The first-order valence-electron chi connectivity index (χ1n) is 8.37. The fourth-order valence-corrected chi connectivity index (χ4v) is 4.62.